The van der Waals surface area contributed by atoms with E-state index >= 15 is 0 Å². The minimum atomic E-state index is -0.357. The number of aryl methyl sites for hydroxylation is 1. The Hall–Kier alpha value is -1.06. The van der Waals surface area contributed by atoms with E-state index in [1.165, 1.54) is 36.4 Å². The first-order valence-corrected chi connectivity index (χ1v) is 7.01. The number of hydrogen-bond donors (Lipinski definition) is 2. The molecule has 0 spiro atoms. The van der Waals surface area contributed by atoms with E-state index in [9.17, 15) is 5.11 Å². The Bertz CT molecular complexity index is 344. The Morgan fingerprint density at radius 3 is 2.50 bits per heavy atom. The lowest BCUT2D eigenvalue weighted by Crippen LogP contribution is -3.11. The van der Waals surface area contributed by atoms with Gasteiger partial charge in [-0.05, 0) is 24.1 Å². The predicted octanol–water partition coefficient (Wildman–Crippen LogP) is 0.667. The summed E-state index contributed by atoms with van der Waals surface area (Å²) in [7, 11) is 0. The summed E-state index contributed by atoms with van der Waals surface area (Å²) in [6.07, 6.45) is 3.27. The zero-order chi connectivity index (χ0) is 12.8. The quantitative estimate of drug-likeness (QED) is 0.778. The largest absolute Gasteiger partial charge is 0.491 e. The molecule has 1 saturated heterocycles. The number of hydrogen-bond acceptors (Lipinski definition) is 2. The Balaban J connectivity index is 1.72. The van der Waals surface area contributed by atoms with Crippen molar-refractivity contribution in [3.05, 3.63) is 29.8 Å². The number of benzene rings is 1. The van der Waals surface area contributed by atoms with Crippen LogP contribution in [-0.4, -0.2) is 37.5 Å². The van der Waals surface area contributed by atoms with Crippen molar-refractivity contribution in [2.75, 3.05) is 26.2 Å². The lowest BCUT2D eigenvalue weighted by Gasteiger charge is -2.17. The van der Waals surface area contributed by atoms with E-state index in [4.69, 9.17) is 4.74 Å². The molecule has 1 fully saturated rings. The molecule has 1 heterocycles. The predicted molar refractivity (Wildman–Crippen MR) is 72.1 cm³/mol. The minimum Gasteiger partial charge on any atom is -0.491 e. The summed E-state index contributed by atoms with van der Waals surface area (Å²) in [4.78, 5) is 1.51. The Kier molecular flexibility index (Phi) is 5.02. The molecule has 0 bridgehead atoms. The highest BCUT2D eigenvalue weighted by Crippen LogP contribution is 2.12. The van der Waals surface area contributed by atoms with Gasteiger partial charge in [0.2, 0.25) is 0 Å². The Morgan fingerprint density at radius 2 is 1.89 bits per heavy atom. The number of aliphatic hydroxyl groups is 1. The van der Waals surface area contributed by atoms with Gasteiger partial charge in [-0.2, -0.15) is 0 Å². The monoisotopic (exact) mass is 250 g/mol. The van der Waals surface area contributed by atoms with E-state index in [-0.39, 0.29) is 6.10 Å². The summed E-state index contributed by atoms with van der Waals surface area (Å²) >= 11 is 0. The van der Waals surface area contributed by atoms with Gasteiger partial charge < -0.3 is 14.7 Å². The molecule has 18 heavy (non-hydrogen) atoms. The van der Waals surface area contributed by atoms with Crippen LogP contribution in [0.3, 0.4) is 0 Å². The summed E-state index contributed by atoms with van der Waals surface area (Å²) in [6, 6.07) is 8.11. The topological polar surface area (TPSA) is 33.9 Å². The third-order valence-electron chi connectivity index (χ3n) is 3.61. The first kappa shape index (κ1) is 13.4. The fraction of sp³-hybridized carbons (Fsp3) is 0.600. The molecule has 1 aliphatic rings. The zero-order valence-corrected chi connectivity index (χ0v) is 11.2. The normalized spacial score (nSPS) is 17.9. The van der Waals surface area contributed by atoms with Crippen LogP contribution in [0.15, 0.2) is 24.3 Å². The molecule has 1 unspecified atom stereocenters. The number of nitrogens with one attached hydrogen (secondary N) is 1. The second kappa shape index (κ2) is 6.76. The molecule has 2 N–H and O–H groups in total. The summed E-state index contributed by atoms with van der Waals surface area (Å²) in [5.74, 6) is 0.850. The van der Waals surface area contributed by atoms with Crippen LogP contribution in [0, 0.1) is 0 Å². The van der Waals surface area contributed by atoms with Gasteiger partial charge in [0.1, 0.15) is 25.0 Å². The highest BCUT2D eigenvalue weighted by molar-refractivity contribution is 5.27. The fourth-order valence-electron chi connectivity index (χ4n) is 2.49. The van der Waals surface area contributed by atoms with Gasteiger partial charge in [0, 0.05) is 12.8 Å². The molecule has 1 aromatic rings. The smallest absolute Gasteiger partial charge is 0.137 e. The van der Waals surface area contributed by atoms with Crippen molar-refractivity contribution in [2.45, 2.75) is 32.3 Å². The van der Waals surface area contributed by atoms with Crippen LogP contribution in [0.2, 0.25) is 0 Å². The summed E-state index contributed by atoms with van der Waals surface area (Å²) in [5, 5.41) is 9.93. The molecule has 0 amide bonds. The third-order valence-corrected chi connectivity index (χ3v) is 3.61. The average molecular weight is 250 g/mol. The number of aliphatic hydroxyl groups excluding tert-OH is 1. The molecule has 0 saturated carbocycles. The van der Waals surface area contributed by atoms with E-state index in [1.807, 2.05) is 12.1 Å². The van der Waals surface area contributed by atoms with E-state index in [0.29, 0.717) is 6.61 Å². The van der Waals surface area contributed by atoms with E-state index in [1.54, 1.807) is 0 Å². The van der Waals surface area contributed by atoms with Gasteiger partial charge in [-0.25, -0.2) is 0 Å². The van der Waals surface area contributed by atoms with Crippen LogP contribution in [0.1, 0.15) is 25.3 Å². The van der Waals surface area contributed by atoms with Crippen LogP contribution in [0.4, 0.5) is 0 Å². The van der Waals surface area contributed by atoms with Gasteiger partial charge in [0.15, 0.2) is 0 Å². The maximum Gasteiger partial charge on any atom is 0.137 e. The maximum atomic E-state index is 9.93. The van der Waals surface area contributed by atoms with Crippen LogP contribution >= 0.6 is 0 Å². The van der Waals surface area contributed by atoms with Crippen LogP contribution < -0.4 is 9.64 Å². The van der Waals surface area contributed by atoms with Crippen molar-refractivity contribution < 1.29 is 14.7 Å². The van der Waals surface area contributed by atoms with Crippen molar-refractivity contribution >= 4 is 0 Å². The molecular formula is C15H24NO2+. The standard InChI is InChI=1S/C15H23NO2/c1-2-13-5-7-15(8-6-13)18-12-14(17)11-16-9-3-4-10-16/h5-8,14,17H,2-4,9-12H2,1H3/p+1. The molecule has 0 aromatic heterocycles. The first-order valence-electron chi connectivity index (χ1n) is 7.01. The molecule has 1 aliphatic heterocycles. The number of ether oxygens (including phenoxy) is 1. The van der Waals surface area contributed by atoms with Crippen molar-refractivity contribution in [3.8, 4) is 5.75 Å². The first-order chi connectivity index (χ1) is 8.78. The van der Waals surface area contributed by atoms with Crippen molar-refractivity contribution in [2.24, 2.45) is 0 Å². The molecule has 1 aromatic carbocycles. The van der Waals surface area contributed by atoms with Crippen LogP contribution in [0.25, 0.3) is 0 Å². The van der Waals surface area contributed by atoms with Crippen molar-refractivity contribution in [3.63, 3.8) is 0 Å². The average Bonchev–Trinajstić information content (AvgIpc) is 2.90. The van der Waals surface area contributed by atoms with E-state index in [0.717, 1.165) is 18.7 Å². The molecule has 100 valence electrons. The molecular weight excluding hydrogens is 226 g/mol. The van der Waals surface area contributed by atoms with Crippen LogP contribution in [0.5, 0.6) is 5.75 Å². The summed E-state index contributed by atoms with van der Waals surface area (Å²) in [5.41, 5.74) is 1.31. The SMILES string of the molecule is CCc1ccc(OCC(O)C[NH+]2CCCC2)cc1. The summed E-state index contributed by atoms with van der Waals surface area (Å²) in [6.45, 7) is 5.74. The van der Waals surface area contributed by atoms with Gasteiger partial charge in [-0.1, -0.05) is 19.1 Å². The molecule has 0 radical (unpaired) electrons. The molecule has 1 atom stereocenters. The van der Waals surface area contributed by atoms with Gasteiger partial charge in [-0.3, -0.25) is 0 Å². The summed E-state index contributed by atoms with van der Waals surface area (Å²) < 4.78 is 5.61. The lowest BCUT2D eigenvalue weighted by molar-refractivity contribution is -0.890. The zero-order valence-electron chi connectivity index (χ0n) is 11.2. The van der Waals surface area contributed by atoms with Crippen molar-refractivity contribution in [1.82, 2.24) is 0 Å². The molecule has 0 aliphatic carbocycles. The molecule has 2 rings (SSSR count). The molecule has 3 nitrogen and oxygen atoms in total. The molecule has 3 heteroatoms. The van der Waals surface area contributed by atoms with Gasteiger partial charge in [-0.15, -0.1) is 0 Å². The lowest BCUT2D eigenvalue weighted by atomic mass is 10.2. The number of likely N-dealkylation sites (tertiary alicyclic amines) is 1. The van der Waals surface area contributed by atoms with Gasteiger partial charge >= 0.3 is 0 Å². The Morgan fingerprint density at radius 1 is 1.22 bits per heavy atom. The number of quaternary nitrogens is 1. The van der Waals surface area contributed by atoms with E-state index < -0.39 is 0 Å². The maximum absolute atomic E-state index is 9.93. The minimum absolute atomic E-state index is 0.357. The fourth-order valence-corrected chi connectivity index (χ4v) is 2.49. The van der Waals surface area contributed by atoms with Gasteiger partial charge in [0.05, 0.1) is 13.1 Å². The highest BCUT2D eigenvalue weighted by Gasteiger charge is 2.19. The van der Waals surface area contributed by atoms with Crippen LogP contribution in [-0.2, 0) is 6.42 Å². The van der Waals surface area contributed by atoms with Gasteiger partial charge in [0.25, 0.3) is 0 Å². The highest BCUT2D eigenvalue weighted by atomic mass is 16.5. The Labute approximate surface area is 109 Å². The third kappa shape index (κ3) is 4.00. The van der Waals surface area contributed by atoms with E-state index in [2.05, 4.69) is 19.1 Å². The number of rotatable bonds is 6. The van der Waals surface area contributed by atoms with Crippen molar-refractivity contribution in [1.29, 1.82) is 0 Å². The second-order valence-corrected chi connectivity index (χ2v) is 5.12. The second-order valence-electron chi connectivity index (χ2n) is 5.12.